The number of hydrogen-bond acceptors (Lipinski definition) is 4. The van der Waals surface area contributed by atoms with Gasteiger partial charge in [-0.3, -0.25) is 4.79 Å². The van der Waals surface area contributed by atoms with E-state index in [1.165, 1.54) is 11.5 Å². The largest absolute Gasteiger partial charge is 0.495 e. The predicted octanol–water partition coefficient (Wildman–Crippen LogP) is 2.64. The highest BCUT2D eigenvalue weighted by Gasteiger charge is 2.10. The first-order valence-corrected chi connectivity index (χ1v) is 6.53. The highest BCUT2D eigenvalue weighted by atomic mass is 32.1. The second-order valence-corrected chi connectivity index (χ2v) is 5.10. The summed E-state index contributed by atoms with van der Waals surface area (Å²) in [4.78, 5) is 12.3. The Morgan fingerprint density at radius 2 is 2.00 bits per heavy atom. The van der Waals surface area contributed by atoms with Crippen LogP contribution in [0.25, 0.3) is 15.8 Å². The molecular weight excluding hydrogens is 260 g/mol. The Bertz CT molecular complexity index is 805. The van der Waals surface area contributed by atoms with Crippen LogP contribution in [0.4, 0.5) is 5.69 Å². The monoisotopic (exact) mass is 272 g/mol. The van der Waals surface area contributed by atoms with Crippen LogP contribution in [0.5, 0.6) is 5.75 Å². The summed E-state index contributed by atoms with van der Waals surface area (Å²) in [5.74, 6) is 0.609. The second-order valence-electron chi connectivity index (χ2n) is 4.11. The number of ether oxygens (including phenoxy) is 1. The smallest absolute Gasteiger partial charge is 0.273 e. The first-order valence-electron chi connectivity index (χ1n) is 5.75. The Hall–Kier alpha value is -2.27. The molecule has 0 saturated heterocycles. The van der Waals surface area contributed by atoms with Crippen LogP contribution in [-0.4, -0.2) is 11.1 Å². The number of methoxy groups -OCH3 is 1. The standard InChI is InChI=1S/C14H12N2O2S/c1-18-12-7-6-9(8-11(12)15)16-14(17)10-4-2-3-5-13(10)19-16/h2-8H,15H2,1H3. The zero-order chi connectivity index (χ0) is 13.4. The second kappa shape index (κ2) is 4.44. The van der Waals surface area contributed by atoms with Crippen molar-refractivity contribution in [3.8, 4) is 11.4 Å². The number of aromatic nitrogens is 1. The maximum Gasteiger partial charge on any atom is 0.273 e. The molecule has 0 amide bonds. The van der Waals surface area contributed by atoms with Crippen LogP contribution in [0.2, 0.25) is 0 Å². The minimum atomic E-state index is -0.0230. The third-order valence-electron chi connectivity index (χ3n) is 2.94. The minimum Gasteiger partial charge on any atom is -0.495 e. The van der Waals surface area contributed by atoms with Crippen molar-refractivity contribution in [2.45, 2.75) is 0 Å². The van der Waals surface area contributed by atoms with E-state index in [9.17, 15) is 4.79 Å². The van der Waals surface area contributed by atoms with Crippen LogP contribution in [0.15, 0.2) is 47.3 Å². The quantitative estimate of drug-likeness (QED) is 0.730. The van der Waals surface area contributed by atoms with Crippen molar-refractivity contribution < 1.29 is 4.74 Å². The first-order chi connectivity index (χ1) is 9.20. The summed E-state index contributed by atoms with van der Waals surface area (Å²) in [6.45, 7) is 0. The number of rotatable bonds is 2. The summed E-state index contributed by atoms with van der Waals surface area (Å²) in [6.07, 6.45) is 0. The Labute approximate surface area is 113 Å². The summed E-state index contributed by atoms with van der Waals surface area (Å²) in [7, 11) is 1.57. The van der Waals surface area contributed by atoms with Crippen LogP contribution in [0.1, 0.15) is 0 Å². The number of benzene rings is 2. The van der Waals surface area contributed by atoms with Crippen molar-refractivity contribution in [1.82, 2.24) is 3.96 Å². The molecule has 0 fully saturated rings. The zero-order valence-corrected chi connectivity index (χ0v) is 11.1. The van der Waals surface area contributed by atoms with Gasteiger partial charge in [0.05, 0.1) is 28.6 Å². The van der Waals surface area contributed by atoms with Crippen molar-refractivity contribution in [2.24, 2.45) is 0 Å². The van der Waals surface area contributed by atoms with Crippen molar-refractivity contribution in [3.63, 3.8) is 0 Å². The van der Waals surface area contributed by atoms with Gasteiger partial charge in [-0.05, 0) is 30.3 Å². The summed E-state index contributed by atoms with van der Waals surface area (Å²) < 4.78 is 7.72. The number of hydrogen-bond donors (Lipinski definition) is 1. The Balaban J connectivity index is 2.22. The molecule has 19 heavy (non-hydrogen) atoms. The lowest BCUT2D eigenvalue weighted by molar-refractivity contribution is 0.417. The van der Waals surface area contributed by atoms with Gasteiger partial charge < -0.3 is 10.5 Å². The van der Waals surface area contributed by atoms with Gasteiger partial charge in [-0.15, -0.1) is 0 Å². The highest BCUT2D eigenvalue weighted by molar-refractivity contribution is 7.14. The first kappa shape index (κ1) is 11.8. The molecule has 3 rings (SSSR count). The molecule has 0 unspecified atom stereocenters. The molecule has 96 valence electrons. The maximum atomic E-state index is 12.3. The van der Waals surface area contributed by atoms with E-state index >= 15 is 0 Å². The summed E-state index contributed by atoms with van der Waals surface area (Å²) >= 11 is 1.41. The van der Waals surface area contributed by atoms with Crippen LogP contribution < -0.4 is 16.0 Å². The molecule has 2 N–H and O–H groups in total. The van der Waals surface area contributed by atoms with Gasteiger partial charge in [0.15, 0.2) is 0 Å². The fourth-order valence-corrected chi connectivity index (χ4v) is 2.98. The molecule has 5 heteroatoms. The topological polar surface area (TPSA) is 57.2 Å². The van der Waals surface area contributed by atoms with Gasteiger partial charge in [0.2, 0.25) is 0 Å². The maximum absolute atomic E-state index is 12.3. The number of fused-ring (bicyclic) bond motifs is 1. The van der Waals surface area contributed by atoms with Gasteiger partial charge in [0.1, 0.15) is 5.75 Å². The van der Waals surface area contributed by atoms with E-state index in [-0.39, 0.29) is 5.56 Å². The van der Waals surface area contributed by atoms with E-state index in [1.54, 1.807) is 23.2 Å². The highest BCUT2D eigenvalue weighted by Crippen LogP contribution is 2.26. The van der Waals surface area contributed by atoms with Crippen molar-refractivity contribution in [3.05, 3.63) is 52.8 Å². The molecule has 3 aromatic rings. The van der Waals surface area contributed by atoms with E-state index in [4.69, 9.17) is 10.5 Å². The SMILES string of the molecule is COc1ccc(-n2sc3ccccc3c2=O)cc1N. The molecule has 1 aromatic heterocycles. The van der Waals surface area contributed by atoms with E-state index in [0.29, 0.717) is 11.4 Å². The Morgan fingerprint density at radius 3 is 2.68 bits per heavy atom. The molecule has 2 aromatic carbocycles. The summed E-state index contributed by atoms with van der Waals surface area (Å²) in [6, 6.07) is 12.9. The minimum absolute atomic E-state index is 0.0230. The normalized spacial score (nSPS) is 10.8. The lowest BCUT2D eigenvalue weighted by Crippen LogP contribution is -2.10. The summed E-state index contributed by atoms with van der Waals surface area (Å²) in [5, 5.41) is 0.724. The molecule has 0 saturated carbocycles. The average Bonchev–Trinajstić information content (AvgIpc) is 2.77. The van der Waals surface area contributed by atoms with Gasteiger partial charge >= 0.3 is 0 Å². The lowest BCUT2D eigenvalue weighted by atomic mass is 10.2. The number of nitrogens with zero attached hydrogens (tertiary/aromatic N) is 1. The van der Waals surface area contributed by atoms with Crippen molar-refractivity contribution >= 4 is 27.3 Å². The molecule has 1 heterocycles. The van der Waals surface area contributed by atoms with Gasteiger partial charge in [-0.1, -0.05) is 23.7 Å². The van der Waals surface area contributed by atoms with Crippen LogP contribution >= 0.6 is 11.5 Å². The molecule has 0 atom stereocenters. The van der Waals surface area contributed by atoms with Crippen LogP contribution in [0.3, 0.4) is 0 Å². The van der Waals surface area contributed by atoms with E-state index < -0.39 is 0 Å². The van der Waals surface area contributed by atoms with Crippen LogP contribution in [-0.2, 0) is 0 Å². The van der Waals surface area contributed by atoms with E-state index in [2.05, 4.69) is 0 Å². The molecular formula is C14H12N2O2S. The van der Waals surface area contributed by atoms with Gasteiger partial charge in [-0.2, -0.15) is 0 Å². The van der Waals surface area contributed by atoms with Gasteiger partial charge in [0, 0.05) is 0 Å². The third kappa shape index (κ3) is 1.88. The lowest BCUT2D eigenvalue weighted by Gasteiger charge is -2.06. The molecule has 0 bridgehead atoms. The number of nitrogens with two attached hydrogens (primary N) is 1. The van der Waals surface area contributed by atoms with E-state index in [0.717, 1.165) is 15.8 Å². The Kier molecular flexibility index (Phi) is 2.76. The molecule has 4 nitrogen and oxygen atoms in total. The van der Waals surface area contributed by atoms with Gasteiger partial charge in [0.25, 0.3) is 5.56 Å². The predicted molar refractivity (Wildman–Crippen MR) is 78.4 cm³/mol. The molecule has 0 radical (unpaired) electrons. The molecule has 0 spiro atoms. The average molecular weight is 272 g/mol. The van der Waals surface area contributed by atoms with Crippen molar-refractivity contribution in [1.29, 1.82) is 0 Å². The number of anilines is 1. The van der Waals surface area contributed by atoms with E-state index in [1.807, 2.05) is 30.3 Å². The van der Waals surface area contributed by atoms with Gasteiger partial charge in [-0.25, -0.2) is 3.96 Å². The van der Waals surface area contributed by atoms with Crippen LogP contribution in [0, 0.1) is 0 Å². The zero-order valence-electron chi connectivity index (χ0n) is 10.3. The molecule has 0 aliphatic heterocycles. The summed E-state index contributed by atoms with van der Waals surface area (Å²) in [5.41, 5.74) is 7.13. The van der Waals surface area contributed by atoms with Crippen molar-refractivity contribution in [2.75, 3.05) is 12.8 Å². The third-order valence-corrected chi connectivity index (χ3v) is 4.05. The number of nitrogen functional groups attached to an aromatic ring is 1. The fraction of sp³-hybridized carbons (Fsp3) is 0.0714. The molecule has 0 aliphatic carbocycles. The fourth-order valence-electron chi connectivity index (χ4n) is 1.99. The molecule has 0 aliphatic rings. The Morgan fingerprint density at radius 1 is 1.21 bits per heavy atom.